The van der Waals surface area contributed by atoms with E-state index in [2.05, 4.69) is 9.97 Å². The van der Waals surface area contributed by atoms with Crippen LogP contribution in [0.3, 0.4) is 0 Å². The predicted molar refractivity (Wildman–Crippen MR) is 113 cm³/mol. The number of aliphatic hydroxyl groups is 1. The molecule has 3 atom stereocenters. The number of carbonyl (C=O) groups excluding carboxylic acids is 1. The number of β-amino-alcohol motifs (C(OH)–C–C–N with tert-alkyl or cyclic N) is 1. The van der Waals surface area contributed by atoms with Crippen LogP contribution in [0.25, 0.3) is 11.3 Å². The minimum atomic E-state index is -3.01. The number of nitrogens with two attached hydrogens (primary N) is 1. The molecule has 0 saturated carbocycles. The molecule has 0 radical (unpaired) electrons. The fraction of sp³-hybridized carbons (Fsp3) is 0.500. The summed E-state index contributed by atoms with van der Waals surface area (Å²) in [5, 5.41) is 9.86. The number of urea groups is 1. The lowest BCUT2D eigenvalue weighted by atomic mass is 9.97. The summed E-state index contributed by atoms with van der Waals surface area (Å²) in [7, 11) is 1.63. The number of ether oxygens (including phenoxy) is 1. The summed E-state index contributed by atoms with van der Waals surface area (Å²) in [6, 6.07) is 4.82. The number of amides is 2. The Kier molecular flexibility index (Phi) is 4.74. The fourth-order valence-corrected chi connectivity index (χ4v) is 4.63. The van der Waals surface area contributed by atoms with Crippen LogP contribution in [0.4, 0.5) is 19.5 Å². The highest BCUT2D eigenvalue weighted by Crippen LogP contribution is 2.46. The first-order chi connectivity index (χ1) is 15.2. The lowest BCUT2D eigenvalue weighted by Crippen LogP contribution is -2.59. The predicted octanol–water partition coefficient (Wildman–Crippen LogP) is 2.24. The van der Waals surface area contributed by atoms with Gasteiger partial charge in [-0.25, -0.2) is 14.8 Å². The number of fused-ring (bicyclic) bond motifs is 2. The summed E-state index contributed by atoms with van der Waals surface area (Å²) in [5.41, 5.74) is 7.65. The highest BCUT2D eigenvalue weighted by molar-refractivity contribution is 5.72. The molecular formula is C22H25F2N5O3. The molecule has 3 aliphatic rings. The number of aromatic nitrogens is 2. The van der Waals surface area contributed by atoms with Crippen molar-refractivity contribution in [3.63, 3.8) is 0 Å². The Morgan fingerprint density at radius 2 is 2.19 bits per heavy atom. The molecule has 8 nitrogen and oxygen atoms in total. The molecule has 2 aliphatic heterocycles. The van der Waals surface area contributed by atoms with Crippen molar-refractivity contribution in [2.24, 2.45) is 5.73 Å². The molecule has 10 heteroatoms. The summed E-state index contributed by atoms with van der Waals surface area (Å²) < 4.78 is 35.1. The molecule has 3 heterocycles. The number of alkyl halides is 2. The zero-order chi connectivity index (χ0) is 22.8. The number of rotatable bonds is 4. The van der Waals surface area contributed by atoms with Gasteiger partial charge in [-0.1, -0.05) is 12.1 Å². The second-order valence-electron chi connectivity index (χ2n) is 8.84. The van der Waals surface area contributed by atoms with Crippen LogP contribution in [0.2, 0.25) is 0 Å². The first kappa shape index (κ1) is 20.9. The second kappa shape index (κ2) is 7.26. The van der Waals surface area contributed by atoms with Gasteiger partial charge < -0.3 is 25.4 Å². The lowest BCUT2D eigenvalue weighted by molar-refractivity contribution is -0.00603. The van der Waals surface area contributed by atoms with Gasteiger partial charge in [-0.2, -0.15) is 8.78 Å². The van der Waals surface area contributed by atoms with E-state index in [0.717, 1.165) is 5.56 Å². The van der Waals surface area contributed by atoms with Gasteiger partial charge in [-0.15, -0.1) is 0 Å². The molecule has 3 N–H and O–H groups in total. The van der Waals surface area contributed by atoms with E-state index >= 15 is 0 Å². The zero-order valence-corrected chi connectivity index (χ0v) is 17.9. The maximum atomic E-state index is 14.6. The van der Waals surface area contributed by atoms with E-state index in [1.54, 1.807) is 11.9 Å². The number of carbonyl (C=O) groups is 1. The van der Waals surface area contributed by atoms with Crippen molar-refractivity contribution in [1.29, 1.82) is 0 Å². The molecule has 2 aromatic rings. The Morgan fingerprint density at radius 3 is 2.88 bits per heavy atom. The van der Waals surface area contributed by atoms with Crippen molar-refractivity contribution in [3.05, 3.63) is 35.0 Å². The molecule has 5 rings (SSSR count). The molecule has 1 aromatic carbocycles. The number of halogens is 2. The van der Waals surface area contributed by atoms with Gasteiger partial charge in [0.1, 0.15) is 11.4 Å². The number of hydrogen-bond donors (Lipinski definition) is 2. The second-order valence-corrected chi connectivity index (χ2v) is 8.84. The van der Waals surface area contributed by atoms with E-state index in [-0.39, 0.29) is 36.4 Å². The van der Waals surface area contributed by atoms with Gasteiger partial charge in [-0.05, 0) is 19.4 Å². The molecule has 0 spiro atoms. The third-order valence-corrected chi connectivity index (χ3v) is 6.76. The molecule has 1 aromatic heterocycles. The van der Waals surface area contributed by atoms with E-state index < -0.39 is 18.1 Å². The van der Waals surface area contributed by atoms with Crippen LogP contribution < -0.4 is 15.4 Å². The number of benzene rings is 1. The van der Waals surface area contributed by atoms with Crippen LogP contribution in [0.15, 0.2) is 18.2 Å². The van der Waals surface area contributed by atoms with Crippen molar-refractivity contribution >= 4 is 12.0 Å². The standard InChI is InChI=1S/C22H25F2N5O3/c1-11-16(30)9-29(11)21-26-18(15-5-6-22(23,24)19(15)27-21)12-3-4-14-13(8-28(2)20(25)31)10-32-17(14)7-12/h3-4,7,11,13,16,30H,5-6,8-10H2,1-2H3,(H2,25,31)/t11-,13?,16?/m0/s1. The van der Waals surface area contributed by atoms with E-state index in [4.69, 9.17) is 10.5 Å². The molecule has 32 heavy (non-hydrogen) atoms. The van der Waals surface area contributed by atoms with Gasteiger partial charge >= 0.3 is 6.03 Å². The van der Waals surface area contributed by atoms with E-state index in [1.165, 1.54) is 4.90 Å². The lowest BCUT2D eigenvalue weighted by Gasteiger charge is -2.43. The third kappa shape index (κ3) is 3.24. The topological polar surface area (TPSA) is 105 Å². The largest absolute Gasteiger partial charge is 0.493 e. The average molecular weight is 445 g/mol. The first-order valence-corrected chi connectivity index (χ1v) is 10.7. The molecule has 1 aliphatic carbocycles. The fourth-order valence-electron chi connectivity index (χ4n) is 4.63. The Hall–Kier alpha value is -3.01. The van der Waals surface area contributed by atoms with Crippen LogP contribution in [-0.4, -0.2) is 64.9 Å². The minimum absolute atomic E-state index is 0.0176. The normalized spacial score (nSPS) is 25.0. The smallest absolute Gasteiger partial charge is 0.314 e. The maximum absolute atomic E-state index is 14.6. The summed E-state index contributed by atoms with van der Waals surface area (Å²) in [5.74, 6) is -2.17. The van der Waals surface area contributed by atoms with Crippen molar-refractivity contribution in [2.45, 2.75) is 43.8 Å². The number of likely N-dealkylation sites (N-methyl/N-ethyl adjacent to an activating group) is 1. The van der Waals surface area contributed by atoms with Crippen LogP contribution in [0.1, 0.15) is 36.1 Å². The quantitative estimate of drug-likeness (QED) is 0.748. The molecule has 0 bridgehead atoms. The first-order valence-electron chi connectivity index (χ1n) is 10.7. The molecule has 170 valence electrons. The van der Waals surface area contributed by atoms with Gasteiger partial charge in [0.05, 0.1) is 24.4 Å². The monoisotopic (exact) mass is 445 g/mol. The van der Waals surface area contributed by atoms with E-state index in [9.17, 15) is 18.7 Å². The number of nitrogens with zero attached hydrogens (tertiary/aromatic N) is 4. The maximum Gasteiger partial charge on any atom is 0.314 e. The Bertz CT molecular complexity index is 1100. The Labute approximate surface area is 184 Å². The van der Waals surface area contributed by atoms with Crippen LogP contribution in [0, 0.1) is 0 Å². The Morgan fingerprint density at radius 1 is 1.41 bits per heavy atom. The zero-order valence-electron chi connectivity index (χ0n) is 17.9. The SMILES string of the molecule is C[C@H]1C(O)CN1c1nc(-c2ccc3c(c2)OCC3CN(C)C(N)=O)c2c(n1)C(F)(F)CC2. The molecule has 2 amide bonds. The minimum Gasteiger partial charge on any atom is -0.493 e. The molecule has 2 unspecified atom stereocenters. The number of hydrogen-bond acceptors (Lipinski definition) is 6. The van der Waals surface area contributed by atoms with Crippen LogP contribution in [-0.2, 0) is 12.3 Å². The summed E-state index contributed by atoms with van der Waals surface area (Å²) in [6.45, 7) is 2.96. The van der Waals surface area contributed by atoms with Gasteiger partial charge in [0, 0.05) is 49.2 Å². The summed E-state index contributed by atoms with van der Waals surface area (Å²) >= 11 is 0. The number of primary amides is 1. The average Bonchev–Trinajstić information content (AvgIpc) is 3.30. The third-order valence-electron chi connectivity index (χ3n) is 6.76. The number of anilines is 1. The van der Waals surface area contributed by atoms with E-state index in [0.29, 0.717) is 42.3 Å². The highest BCUT2D eigenvalue weighted by Gasteiger charge is 2.45. The highest BCUT2D eigenvalue weighted by atomic mass is 19.3. The van der Waals surface area contributed by atoms with Gasteiger partial charge in [0.2, 0.25) is 5.95 Å². The van der Waals surface area contributed by atoms with Gasteiger partial charge in [0.25, 0.3) is 5.92 Å². The van der Waals surface area contributed by atoms with Crippen molar-refractivity contribution in [1.82, 2.24) is 14.9 Å². The van der Waals surface area contributed by atoms with Gasteiger partial charge in [-0.3, -0.25) is 0 Å². The van der Waals surface area contributed by atoms with Crippen molar-refractivity contribution in [3.8, 4) is 17.0 Å². The van der Waals surface area contributed by atoms with Gasteiger partial charge in [0.15, 0.2) is 0 Å². The van der Waals surface area contributed by atoms with E-state index in [1.807, 2.05) is 25.1 Å². The number of aliphatic hydroxyl groups excluding tert-OH is 1. The van der Waals surface area contributed by atoms with Crippen molar-refractivity contribution in [2.75, 3.05) is 31.6 Å². The summed E-state index contributed by atoms with van der Waals surface area (Å²) in [4.78, 5) is 23.4. The molecule has 1 fully saturated rings. The van der Waals surface area contributed by atoms with Crippen LogP contribution >= 0.6 is 0 Å². The summed E-state index contributed by atoms with van der Waals surface area (Å²) in [6.07, 6.45) is -0.631. The molecular weight excluding hydrogens is 420 g/mol. The van der Waals surface area contributed by atoms with Crippen molar-refractivity contribution < 1.29 is 23.4 Å². The molecule has 1 saturated heterocycles. The Balaban J connectivity index is 1.53. The van der Waals surface area contributed by atoms with Crippen LogP contribution in [0.5, 0.6) is 5.75 Å².